The van der Waals surface area contributed by atoms with Crippen LogP contribution in [-0.2, 0) is 0 Å². The lowest BCUT2D eigenvalue weighted by Gasteiger charge is -2.37. The Morgan fingerprint density at radius 1 is 1.21 bits per heavy atom. The van der Waals surface area contributed by atoms with Crippen LogP contribution in [0.2, 0.25) is 0 Å². The number of nitrogens with one attached hydrogen (secondary N) is 1. The molecule has 1 fully saturated rings. The molecule has 1 saturated heterocycles. The van der Waals surface area contributed by atoms with Crippen molar-refractivity contribution in [2.24, 2.45) is 0 Å². The largest absolute Gasteiger partial charge is 0.487 e. The number of nitrogens with zero attached hydrogens (tertiary/aromatic N) is 2. The van der Waals surface area contributed by atoms with Crippen LogP contribution in [0, 0.1) is 0 Å². The molecule has 0 aromatic heterocycles. The summed E-state index contributed by atoms with van der Waals surface area (Å²) in [6.45, 7) is 9.94. The third-order valence-corrected chi connectivity index (χ3v) is 3.91. The van der Waals surface area contributed by atoms with Gasteiger partial charge in [0, 0.05) is 39.3 Å². The van der Waals surface area contributed by atoms with Crippen molar-refractivity contribution >= 4 is 5.69 Å². The van der Waals surface area contributed by atoms with Gasteiger partial charge in [-0.3, -0.25) is 4.90 Å². The van der Waals surface area contributed by atoms with Crippen LogP contribution < -0.4 is 15.0 Å². The lowest BCUT2D eigenvalue weighted by atomic mass is 10.2. The van der Waals surface area contributed by atoms with Crippen molar-refractivity contribution < 1.29 is 4.74 Å². The summed E-state index contributed by atoms with van der Waals surface area (Å²) < 4.78 is 5.89. The quantitative estimate of drug-likeness (QED) is 0.884. The fourth-order valence-corrected chi connectivity index (χ4v) is 2.89. The van der Waals surface area contributed by atoms with E-state index in [0.717, 1.165) is 38.5 Å². The molecule has 1 aromatic carbocycles. The fourth-order valence-electron chi connectivity index (χ4n) is 2.89. The van der Waals surface area contributed by atoms with Gasteiger partial charge in [0.2, 0.25) is 0 Å². The van der Waals surface area contributed by atoms with Gasteiger partial charge < -0.3 is 15.0 Å². The molecule has 2 aliphatic rings. The molecule has 0 saturated carbocycles. The molecule has 0 spiro atoms. The number of para-hydroxylation sites is 2. The molecule has 4 heteroatoms. The predicted molar refractivity (Wildman–Crippen MR) is 78.1 cm³/mol. The highest BCUT2D eigenvalue weighted by Gasteiger charge is 2.22. The maximum atomic E-state index is 5.89. The van der Waals surface area contributed by atoms with Gasteiger partial charge in [0.1, 0.15) is 11.9 Å². The van der Waals surface area contributed by atoms with Crippen LogP contribution in [0.4, 0.5) is 5.69 Å². The van der Waals surface area contributed by atoms with Gasteiger partial charge in [0.15, 0.2) is 0 Å². The number of anilines is 1. The number of piperazine rings is 1. The number of benzene rings is 1. The Morgan fingerprint density at radius 2 is 2.00 bits per heavy atom. The van der Waals surface area contributed by atoms with E-state index in [1.165, 1.54) is 18.8 Å². The minimum Gasteiger partial charge on any atom is -0.487 e. The van der Waals surface area contributed by atoms with Crippen LogP contribution in [0.1, 0.15) is 6.92 Å². The smallest absolute Gasteiger partial charge is 0.143 e. The van der Waals surface area contributed by atoms with Crippen molar-refractivity contribution in [2.75, 3.05) is 50.7 Å². The SMILES string of the molecule is CC1CN(CCN2CCNCC2)c2ccccc2O1. The zero-order chi connectivity index (χ0) is 13.1. The highest BCUT2D eigenvalue weighted by atomic mass is 16.5. The van der Waals surface area contributed by atoms with Crippen LogP contribution in [0.15, 0.2) is 24.3 Å². The van der Waals surface area contributed by atoms with E-state index in [9.17, 15) is 0 Å². The third-order valence-electron chi connectivity index (χ3n) is 3.91. The summed E-state index contributed by atoms with van der Waals surface area (Å²) in [5, 5.41) is 3.40. The molecule has 0 bridgehead atoms. The molecule has 1 aromatic rings. The van der Waals surface area contributed by atoms with E-state index in [1.807, 2.05) is 6.07 Å². The van der Waals surface area contributed by atoms with Crippen molar-refractivity contribution in [1.29, 1.82) is 0 Å². The standard InChI is InChI=1S/C15H23N3O/c1-13-12-18(11-10-17-8-6-16-7-9-17)14-4-2-3-5-15(14)19-13/h2-5,13,16H,6-12H2,1H3. The van der Waals surface area contributed by atoms with E-state index < -0.39 is 0 Å². The molecule has 2 heterocycles. The van der Waals surface area contributed by atoms with Gasteiger partial charge in [-0.15, -0.1) is 0 Å². The maximum Gasteiger partial charge on any atom is 0.143 e. The van der Waals surface area contributed by atoms with Crippen LogP contribution in [-0.4, -0.2) is 56.8 Å². The summed E-state index contributed by atoms with van der Waals surface area (Å²) in [7, 11) is 0. The monoisotopic (exact) mass is 261 g/mol. The van der Waals surface area contributed by atoms with E-state index in [1.54, 1.807) is 0 Å². The second kappa shape index (κ2) is 5.80. The lowest BCUT2D eigenvalue weighted by Crippen LogP contribution is -2.48. The Hall–Kier alpha value is -1.26. The first-order valence-corrected chi connectivity index (χ1v) is 7.26. The van der Waals surface area contributed by atoms with Crippen molar-refractivity contribution in [3.05, 3.63) is 24.3 Å². The molecule has 0 amide bonds. The molecular formula is C15H23N3O. The van der Waals surface area contributed by atoms with Crippen LogP contribution >= 0.6 is 0 Å². The van der Waals surface area contributed by atoms with E-state index >= 15 is 0 Å². The van der Waals surface area contributed by atoms with E-state index in [2.05, 4.69) is 40.2 Å². The highest BCUT2D eigenvalue weighted by molar-refractivity contribution is 5.60. The molecule has 2 aliphatic heterocycles. The number of fused-ring (bicyclic) bond motifs is 1. The normalized spacial score (nSPS) is 23.8. The average molecular weight is 261 g/mol. The summed E-state index contributed by atoms with van der Waals surface area (Å²) in [5.74, 6) is 1.03. The van der Waals surface area contributed by atoms with Crippen LogP contribution in [0.3, 0.4) is 0 Å². The average Bonchev–Trinajstić information content (AvgIpc) is 2.45. The first kappa shape index (κ1) is 12.8. The first-order chi connectivity index (χ1) is 9.33. The highest BCUT2D eigenvalue weighted by Crippen LogP contribution is 2.32. The maximum absolute atomic E-state index is 5.89. The second-order valence-electron chi connectivity index (χ2n) is 5.43. The van der Waals surface area contributed by atoms with E-state index in [0.29, 0.717) is 0 Å². The summed E-state index contributed by atoms with van der Waals surface area (Å²) in [6, 6.07) is 8.38. The molecule has 4 nitrogen and oxygen atoms in total. The Balaban J connectivity index is 1.64. The summed E-state index contributed by atoms with van der Waals surface area (Å²) in [4.78, 5) is 5.00. The number of ether oxygens (including phenoxy) is 1. The van der Waals surface area contributed by atoms with Crippen molar-refractivity contribution in [1.82, 2.24) is 10.2 Å². The Morgan fingerprint density at radius 3 is 2.84 bits per heavy atom. The lowest BCUT2D eigenvalue weighted by molar-refractivity contribution is 0.204. The first-order valence-electron chi connectivity index (χ1n) is 7.26. The minimum absolute atomic E-state index is 0.276. The summed E-state index contributed by atoms with van der Waals surface area (Å²) >= 11 is 0. The molecule has 0 aliphatic carbocycles. The van der Waals surface area contributed by atoms with Gasteiger partial charge in [-0.05, 0) is 19.1 Å². The van der Waals surface area contributed by atoms with Crippen molar-refractivity contribution in [3.8, 4) is 5.75 Å². The summed E-state index contributed by atoms with van der Waals surface area (Å²) in [5.41, 5.74) is 1.25. The van der Waals surface area contributed by atoms with Crippen molar-refractivity contribution in [3.63, 3.8) is 0 Å². The predicted octanol–water partition coefficient (Wildman–Crippen LogP) is 1.18. The summed E-state index contributed by atoms with van der Waals surface area (Å²) in [6.07, 6.45) is 0.276. The third kappa shape index (κ3) is 3.01. The molecule has 1 atom stereocenters. The Kier molecular flexibility index (Phi) is 3.89. The van der Waals surface area contributed by atoms with Gasteiger partial charge in [-0.25, -0.2) is 0 Å². The molecular weight excluding hydrogens is 238 g/mol. The molecule has 1 N–H and O–H groups in total. The number of hydrogen-bond acceptors (Lipinski definition) is 4. The van der Waals surface area contributed by atoms with Crippen LogP contribution in [0.5, 0.6) is 5.75 Å². The number of rotatable bonds is 3. The topological polar surface area (TPSA) is 27.7 Å². The van der Waals surface area contributed by atoms with E-state index in [4.69, 9.17) is 4.74 Å². The molecule has 1 unspecified atom stereocenters. The van der Waals surface area contributed by atoms with Gasteiger partial charge in [0.05, 0.1) is 12.2 Å². The zero-order valence-electron chi connectivity index (χ0n) is 11.6. The molecule has 104 valence electrons. The zero-order valence-corrected chi connectivity index (χ0v) is 11.6. The fraction of sp³-hybridized carbons (Fsp3) is 0.600. The van der Waals surface area contributed by atoms with Crippen molar-refractivity contribution in [2.45, 2.75) is 13.0 Å². The van der Waals surface area contributed by atoms with Crippen LogP contribution in [0.25, 0.3) is 0 Å². The van der Waals surface area contributed by atoms with E-state index in [-0.39, 0.29) is 6.10 Å². The number of hydrogen-bond donors (Lipinski definition) is 1. The minimum atomic E-state index is 0.276. The Bertz CT molecular complexity index is 418. The Labute approximate surface area is 115 Å². The van der Waals surface area contributed by atoms with Gasteiger partial charge in [-0.2, -0.15) is 0 Å². The molecule has 0 radical (unpaired) electrons. The van der Waals surface area contributed by atoms with Gasteiger partial charge in [-0.1, -0.05) is 12.1 Å². The second-order valence-corrected chi connectivity index (χ2v) is 5.43. The molecule has 3 rings (SSSR count). The van der Waals surface area contributed by atoms with Gasteiger partial charge in [0.25, 0.3) is 0 Å². The molecule has 19 heavy (non-hydrogen) atoms. The van der Waals surface area contributed by atoms with Gasteiger partial charge >= 0.3 is 0 Å².